The van der Waals surface area contributed by atoms with Gasteiger partial charge in [-0.05, 0) is 104 Å². The molecule has 1 heterocycles. The molecule has 4 fully saturated rings. The Labute approximate surface area is 176 Å². The van der Waals surface area contributed by atoms with Crippen molar-refractivity contribution in [3.8, 4) is 5.75 Å². The highest BCUT2D eigenvalue weighted by Crippen LogP contribution is 2.60. The lowest BCUT2D eigenvalue weighted by Crippen LogP contribution is -2.48. The van der Waals surface area contributed by atoms with Crippen molar-refractivity contribution in [1.82, 2.24) is 0 Å². The van der Waals surface area contributed by atoms with E-state index in [4.69, 9.17) is 9.15 Å². The van der Waals surface area contributed by atoms with Crippen molar-refractivity contribution in [2.24, 2.45) is 17.8 Å². The molecule has 4 bridgehead atoms. The van der Waals surface area contributed by atoms with Gasteiger partial charge in [-0.3, -0.25) is 4.79 Å². The lowest BCUT2D eigenvalue weighted by Gasteiger charge is -2.57. The van der Waals surface area contributed by atoms with Crippen LogP contribution < -0.4 is 10.1 Å². The smallest absolute Gasteiger partial charge is 0.291 e. The summed E-state index contributed by atoms with van der Waals surface area (Å²) in [5, 5.41) is 3.84. The molecule has 0 saturated heterocycles. The normalized spacial score (nSPS) is 29.3. The van der Waals surface area contributed by atoms with Gasteiger partial charge in [0.05, 0.1) is 7.11 Å². The Balaban J connectivity index is 1.20. The number of rotatable bonds is 4. The van der Waals surface area contributed by atoms with Crippen molar-refractivity contribution in [3.05, 3.63) is 59.9 Å². The summed E-state index contributed by atoms with van der Waals surface area (Å²) in [6.07, 6.45) is 8.43. The van der Waals surface area contributed by atoms with Gasteiger partial charge in [0.25, 0.3) is 5.91 Å². The molecule has 4 heteroatoms. The number of fused-ring (bicyclic) bond motifs is 1. The van der Waals surface area contributed by atoms with Crippen LogP contribution in [0.3, 0.4) is 0 Å². The Bertz CT molecular complexity index is 1080. The van der Waals surface area contributed by atoms with Crippen molar-refractivity contribution in [2.75, 3.05) is 12.4 Å². The van der Waals surface area contributed by atoms with E-state index in [1.54, 1.807) is 13.2 Å². The minimum Gasteiger partial charge on any atom is -0.497 e. The van der Waals surface area contributed by atoms with Crippen LogP contribution in [0.2, 0.25) is 0 Å². The van der Waals surface area contributed by atoms with Gasteiger partial charge in [-0.1, -0.05) is 12.1 Å². The van der Waals surface area contributed by atoms with E-state index in [0.29, 0.717) is 16.8 Å². The summed E-state index contributed by atoms with van der Waals surface area (Å²) in [5.41, 5.74) is 3.34. The van der Waals surface area contributed by atoms with E-state index in [2.05, 4.69) is 29.6 Å². The second kappa shape index (κ2) is 6.63. The molecular formula is C26H27NO3. The van der Waals surface area contributed by atoms with Gasteiger partial charge >= 0.3 is 0 Å². The number of anilines is 1. The van der Waals surface area contributed by atoms with Crippen molar-refractivity contribution in [1.29, 1.82) is 0 Å². The molecule has 0 atom stereocenters. The molecule has 1 aromatic heterocycles. The zero-order chi connectivity index (χ0) is 20.3. The summed E-state index contributed by atoms with van der Waals surface area (Å²) in [6, 6.07) is 15.9. The number of amides is 1. The Morgan fingerprint density at radius 3 is 2.27 bits per heavy atom. The first-order valence-corrected chi connectivity index (χ1v) is 11.1. The van der Waals surface area contributed by atoms with Crippen LogP contribution in [0.1, 0.15) is 54.6 Å². The fraction of sp³-hybridized carbons (Fsp3) is 0.423. The van der Waals surface area contributed by atoms with Gasteiger partial charge < -0.3 is 14.5 Å². The fourth-order valence-electron chi connectivity index (χ4n) is 6.82. The van der Waals surface area contributed by atoms with E-state index in [9.17, 15) is 4.79 Å². The molecule has 0 aliphatic heterocycles. The largest absolute Gasteiger partial charge is 0.497 e. The Hall–Kier alpha value is -2.75. The standard InChI is InChI=1S/C26H27NO3/c1-29-22-6-7-23-19(11-22)12-24(30-23)25(28)27-21-4-2-20(3-5-21)26-13-16-8-17(14-26)10-18(9-16)15-26/h2-7,11-12,16-18H,8-10,13-15H2,1H3,(H,27,28). The third-order valence-corrected chi connectivity index (χ3v) is 7.74. The van der Waals surface area contributed by atoms with Crippen LogP contribution in [0.25, 0.3) is 11.0 Å². The maximum atomic E-state index is 12.7. The van der Waals surface area contributed by atoms with Crippen molar-refractivity contribution < 1.29 is 13.9 Å². The van der Waals surface area contributed by atoms with Crippen molar-refractivity contribution in [2.45, 2.75) is 43.9 Å². The predicted octanol–water partition coefficient (Wildman–Crippen LogP) is 6.16. The number of furan rings is 1. The molecular weight excluding hydrogens is 374 g/mol. The van der Waals surface area contributed by atoms with E-state index >= 15 is 0 Å². The van der Waals surface area contributed by atoms with E-state index in [-0.39, 0.29) is 5.91 Å². The lowest BCUT2D eigenvalue weighted by atomic mass is 9.48. The van der Waals surface area contributed by atoms with E-state index in [1.165, 1.54) is 44.1 Å². The maximum absolute atomic E-state index is 12.7. The minimum absolute atomic E-state index is 0.229. The molecule has 4 aliphatic rings. The molecule has 1 amide bonds. The number of methoxy groups -OCH3 is 1. The summed E-state index contributed by atoms with van der Waals surface area (Å²) in [6.45, 7) is 0. The predicted molar refractivity (Wildman–Crippen MR) is 117 cm³/mol. The number of hydrogen-bond acceptors (Lipinski definition) is 3. The SMILES string of the molecule is COc1ccc2oc(C(=O)Nc3ccc(C45CC6CC(CC(C6)C4)C5)cc3)cc2c1. The topological polar surface area (TPSA) is 51.5 Å². The number of benzene rings is 2. The molecule has 4 nitrogen and oxygen atoms in total. The third kappa shape index (κ3) is 2.92. The van der Waals surface area contributed by atoms with Gasteiger partial charge in [-0.15, -0.1) is 0 Å². The monoisotopic (exact) mass is 401 g/mol. The maximum Gasteiger partial charge on any atom is 0.291 e. The summed E-state index contributed by atoms with van der Waals surface area (Å²) >= 11 is 0. The van der Waals surface area contributed by atoms with Crippen LogP contribution in [0, 0.1) is 17.8 Å². The Kier molecular flexibility index (Phi) is 3.99. The highest BCUT2D eigenvalue weighted by atomic mass is 16.5. The van der Waals surface area contributed by atoms with Crippen molar-refractivity contribution >= 4 is 22.6 Å². The van der Waals surface area contributed by atoms with Crippen LogP contribution in [0.4, 0.5) is 5.69 Å². The molecule has 4 saturated carbocycles. The van der Waals surface area contributed by atoms with Gasteiger partial charge in [0, 0.05) is 11.1 Å². The molecule has 4 aliphatic carbocycles. The van der Waals surface area contributed by atoms with Crippen LogP contribution >= 0.6 is 0 Å². The lowest BCUT2D eigenvalue weighted by molar-refractivity contribution is -0.00518. The molecule has 0 radical (unpaired) electrons. The quantitative estimate of drug-likeness (QED) is 0.569. The molecule has 3 aromatic rings. The number of carbonyl (C=O) groups excluding carboxylic acids is 1. The Morgan fingerprint density at radius 2 is 1.63 bits per heavy atom. The average Bonchev–Trinajstić information content (AvgIpc) is 3.17. The summed E-state index contributed by atoms with van der Waals surface area (Å²) in [4.78, 5) is 12.7. The number of nitrogens with one attached hydrogen (secondary N) is 1. The first-order valence-electron chi connectivity index (χ1n) is 11.1. The first-order chi connectivity index (χ1) is 14.6. The summed E-state index contributed by atoms with van der Waals surface area (Å²) < 4.78 is 11.0. The van der Waals surface area contributed by atoms with E-state index in [0.717, 1.165) is 34.6 Å². The average molecular weight is 402 g/mol. The van der Waals surface area contributed by atoms with Crippen LogP contribution in [0.15, 0.2) is 52.9 Å². The van der Waals surface area contributed by atoms with Gasteiger partial charge in [0.1, 0.15) is 11.3 Å². The summed E-state index contributed by atoms with van der Waals surface area (Å²) in [5.74, 6) is 3.62. The summed E-state index contributed by atoms with van der Waals surface area (Å²) in [7, 11) is 1.63. The highest BCUT2D eigenvalue weighted by molar-refractivity contribution is 6.04. The highest BCUT2D eigenvalue weighted by Gasteiger charge is 2.51. The third-order valence-electron chi connectivity index (χ3n) is 7.74. The molecule has 2 aromatic carbocycles. The molecule has 0 unspecified atom stereocenters. The Morgan fingerprint density at radius 1 is 0.967 bits per heavy atom. The van der Waals surface area contributed by atoms with E-state index in [1.807, 2.05) is 18.2 Å². The molecule has 30 heavy (non-hydrogen) atoms. The van der Waals surface area contributed by atoms with Crippen LogP contribution in [0.5, 0.6) is 5.75 Å². The second-order valence-corrected chi connectivity index (χ2v) is 9.74. The second-order valence-electron chi connectivity index (χ2n) is 9.74. The molecule has 154 valence electrons. The minimum atomic E-state index is -0.229. The zero-order valence-electron chi connectivity index (χ0n) is 17.3. The number of carbonyl (C=O) groups is 1. The van der Waals surface area contributed by atoms with Gasteiger partial charge in [-0.2, -0.15) is 0 Å². The number of ether oxygens (including phenoxy) is 1. The van der Waals surface area contributed by atoms with E-state index < -0.39 is 0 Å². The fourth-order valence-corrected chi connectivity index (χ4v) is 6.82. The van der Waals surface area contributed by atoms with Crippen LogP contribution in [-0.4, -0.2) is 13.0 Å². The molecule has 7 rings (SSSR count). The van der Waals surface area contributed by atoms with Gasteiger partial charge in [0.15, 0.2) is 5.76 Å². The van der Waals surface area contributed by atoms with Gasteiger partial charge in [0.2, 0.25) is 0 Å². The van der Waals surface area contributed by atoms with Crippen LogP contribution in [-0.2, 0) is 5.41 Å². The van der Waals surface area contributed by atoms with Gasteiger partial charge in [-0.25, -0.2) is 0 Å². The first kappa shape index (κ1) is 18.1. The van der Waals surface area contributed by atoms with Crippen molar-refractivity contribution in [3.63, 3.8) is 0 Å². The molecule has 1 N–H and O–H groups in total. The molecule has 0 spiro atoms. The zero-order valence-corrected chi connectivity index (χ0v) is 17.3. The number of hydrogen-bond donors (Lipinski definition) is 1.